The molecule has 198 valence electrons. The number of nitrogens with zero attached hydrogens (tertiary/aromatic N) is 3. The van der Waals surface area contributed by atoms with E-state index in [1.807, 2.05) is 0 Å². The van der Waals surface area contributed by atoms with Crippen molar-refractivity contribution in [2.45, 2.75) is 19.5 Å². The van der Waals surface area contributed by atoms with Crippen LogP contribution < -0.4 is 31.4 Å². The number of methoxy groups -OCH3 is 2. The number of aromatic nitrogens is 4. The molecule has 0 aliphatic rings. The lowest BCUT2D eigenvalue weighted by Crippen LogP contribution is -2.45. The molecule has 2 aromatic carbocycles. The molecule has 12 nitrogen and oxygen atoms in total. The van der Waals surface area contributed by atoms with Gasteiger partial charge in [0, 0.05) is 30.9 Å². The SMILES string of the molecule is COc1cc(OC)c(NC(=O)Cn2c(=O)n(CC(=O)NCCc3cnc[nH]3)c(=O)c3ccccc32)cc1Cl. The van der Waals surface area contributed by atoms with Crippen LogP contribution in [0.2, 0.25) is 5.02 Å². The number of imidazole rings is 1. The number of hydrogen-bond donors (Lipinski definition) is 3. The second-order valence-corrected chi connectivity index (χ2v) is 8.60. The molecular formula is C25H25ClN6O6. The molecule has 0 saturated heterocycles. The Morgan fingerprint density at radius 3 is 2.47 bits per heavy atom. The number of carbonyl (C=O) groups excluding carboxylic acids is 2. The van der Waals surface area contributed by atoms with E-state index in [4.69, 9.17) is 21.1 Å². The van der Waals surface area contributed by atoms with Gasteiger partial charge in [-0.05, 0) is 18.2 Å². The van der Waals surface area contributed by atoms with Crippen LogP contribution in [0, 0.1) is 0 Å². The van der Waals surface area contributed by atoms with Gasteiger partial charge in [0.25, 0.3) is 5.56 Å². The first kappa shape index (κ1) is 26.5. The number of carbonyl (C=O) groups is 2. The Kier molecular flexibility index (Phi) is 8.12. The summed E-state index contributed by atoms with van der Waals surface area (Å²) in [5.74, 6) is -0.439. The molecule has 13 heteroatoms. The van der Waals surface area contributed by atoms with Gasteiger partial charge in [0.2, 0.25) is 11.8 Å². The molecule has 0 spiro atoms. The Morgan fingerprint density at radius 1 is 1.03 bits per heavy atom. The monoisotopic (exact) mass is 540 g/mol. The topological polar surface area (TPSA) is 149 Å². The summed E-state index contributed by atoms with van der Waals surface area (Å²) in [4.78, 5) is 58.8. The van der Waals surface area contributed by atoms with Crippen molar-refractivity contribution in [3.05, 3.63) is 80.5 Å². The molecule has 0 radical (unpaired) electrons. The molecule has 0 unspecified atom stereocenters. The summed E-state index contributed by atoms with van der Waals surface area (Å²) in [6, 6.07) is 9.36. The maximum absolute atomic E-state index is 13.3. The highest BCUT2D eigenvalue weighted by Crippen LogP contribution is 2.35. The van der Waals surface area contributed by atoms with Crippen LogP contribution in [0.3, 0.4) is 0 Å². The minimum Gasteiger partial charge on any atom is -0.495 e. The van der Waals surface area contributed by atoms with Crippen LogP contribution in [0.1, 0.15) is 5.69 Å². The Hall–Kier alpha value is -4.58. The number of H-pyrrole nitrogens is 1. The van der Waals surface area contributed by atoms with Gasteiger partial charge >= 0.3 is 5.69 Å². The molecule has 0 aliphatic heterocycles. The van der Waals surface area contributed by atoms with E-state index in [1.165, 1.54) is 38.7 Å². The van der Waals surface area contributed by atoms with Crippen molar-refractivity contribution in [2.75, 3.05) is 26.1 Å². The fourth-order valence-electron chi connectivity index (χ4n) is 3.91. The second-order valence-electron chi connectivity index (χ2n) is 8.19. The molecule has 2 aromatic heterocycles. The van der Waals surface area contributed by atoms with Gasteiger partial charge < -0.3 is 25.1 Å². The third-order valence-electron chi connectivity index (χ3n) is 5.76. The van der Waals surface area contributed by atoms with Gasteiger partial charge in [0.05, 0.1) is 42.2 Å². The maximum atomic E-state index is 13.3. The Morgan fingerprint density at radius 2 is 1.76 bits per heavy atom. The molecule has 0 saturated carbocycles. The summed E-state index contributed by atoms with van der Waals surface area (Å²) >= 11 is 6.19. The van der Waals surface area contributed by atoms with E-state index in [-0.39, 0.29) is 28.2 Å². The average molecular weight is 541 g/mol. The lowest BCUT2D eigenvalue weighted by molar-refractivity contribution is -0.121. The fraction of sp³-hybridized carbons (Fsp3) is 0.240. The van der Waals surface area contributed by atoms with E-state index < -0.39 is 36.2 Å². The van der Waals surface area contributed by atoms with E-state index in [9.17, 15) is 19.2 Å². The zero-order valence-corrected chi connectivity index (χ0v) is 21.4. The number of hydrogen-bond acceptors (Lipinski definition) is 7. The molecular weight excluding hydrogens is 516 g/mol. The average Bonchev–Trinajstić information content (AvgIpc) is 3.43. The number of nitrogens with one attached hydrogen (secondary N) is 3. The van der Waals surface area contributed by atoms with Gasteiger partial charge in [0.1, 0.15) is 24.6 Å². The molecule has 2 amide bonds. The zero-order chi connectivity index (χ0) is 27.2. The van der Waals surface area contributed by atoms with Crippen molar-refractivity contribution in [3.63, 3.8) is 0 Å². The first-order chi connectivity index (χ1) is 18.3. The highest BCUT2D eigenvalue weighted by atomic mass is 35.5. The summed E-state index contributed by atoms with van der Waals surface area (Å²) in [6.45, 7) is -0.658. The lowest BCUT2D eigenvalue weighted by Gasteiger charge is -2.16. The number of ether oxygens (including phenoxy) is 2. The van der Waals surface area contributed by atoms with Gasteiger partial charge in [-0.2, -0.15) is 0 Å². The summed E-state index contributed by atoms with van der Waals surface area (Å²) in [7, 11) is 2.87. The van der Waals surface area contributed by atoms with Gasteiger partial charge in [0.15, 0.2) is 0 Å². The number of amides is 2. The van der Waals surface area contributed by atoms with E-state index >= 15 is 0 Å². The summed E-state index contributed by atoms with van der Waals surface area (Å²) in [5.41, 5.74) is -0.0721. The number of halogens is 1. The van der Waals surface area contributed by atoms with Crippen LogP contribution in [0.4, 0.5) is 5.69 Å². The van der Waals surface area contributed by atoms with Crippen LogP contribution in [0.15, 0.2) is 58.5 Å². The predicted octanol–water partition coefficient (Wildman–Crippen LogP) is 1.55. The van der Waals surface area contributed by atoms with Crippen molar-refractivity contribution in [3.8, 4) is 11.5 Å². The van der Waals surface area contributed by atoms with E-state index in [0.29, 0.717) is 17.9 Å². The van der Waals surface area contributed by atoms with Crippen LogP contribution in [0.5, 0.6) is 11.5 Å². The third kappa shape index (κ3) is 5.70. The third-order valence-corrected chi connectivity index (χ3v) is 6.05. The van der Waals surface area contributed by atoms with E-state index in [2.05, 4.69) is 20.6 Å². The lowest BCUT2D eigenvalue weighted by atomic mass is 10.2. The minimum absolute atomic E-state index is 0.190. The van der Waals surface area contributed by atoms with Crippen molar-refractivity contribution in [1.82, 2.24) is 24.4 Å². The molecule has 0 fully saturated rings. The Balaban J connectivity index is 1.59. The van der Waals surface area contributed by atoms with Crippen molar-refractivity contribution in [1.29, 1.82) is 0 Å². The number of benzene rings is 2. The fourth-order valence-corrected chi connectivity index (χ4v) is 4.15. The van der Waals surface area contributed by atoms with Crippen LogP contribution in [-0.4, -0.2) is 51.7 Å². The summed E-state index contributed by atoms with van der Waals surface area (Å²) < 4.78 is 12.4. The van der Waals surface area contributed by atoms with Crippen LogP contribution >= 0.6 is 11.6 Å². The quantitative estimate of drug-likeness (QED) is 0.276. The van der Waals surface area contributed by atoms with Crippen LogP contribution in [0.25, 0.3) is 10.9 Å². The smallest absolute Gasteiger partial charge is 0.332 e. The second kappa shape index (κ2) is 11.6. The molecule has 2 heterocycles. The first-order valence-electron chi connectivity index (χ1n) is 11.5. The van der Waals surface area contributed by atoms with E-state index in [0.717, 1.165) is 14.8 Å². The largest absolute Gasteiger partial charge is 0.495 e. The molecule has 3 N–H and O–H groups in total. The molecule has 4 rings (SSSR count). The highest BCUT2D eigenvalue weighted by Gasteiger charge is 2.19. The normalized spacial score (nSPS) is 10.8. The van der Waals surface area contributed by atoms with Gasteiger partial charge in [-0.15, -0.1) is 0 Å². The number of aromatic amines is 1. The van der Waals surface area contributed by atoms with E-state index in [1.54, 1.807) is 24.4 Å². The maximum Gasteiger partial charge on any atom is 0.332 e. The van der Waals surface area contributed by atoms with Gasteiger partial charge in [-0.25, -0.2) is 9.78 Å². The summed E-state index contributed by atoms with van der Waals surface area (Å²) in [5, 5.41) is 5.79. The van der Waals surface area contributed by atoms with Crippen molar-refractivity contribution >= 4 is 40.0 Å². The van der Waals surface area contributed by atoms with Gasteiger partial charge in [-0.3, -0.25) is 23.5 Å². The minimum atomic E-state index is -0.799. The van der Waals surface area contributed by atoms with Gasteiger partial charge in [-0.1, -0.05) is 23.7 Å². The van der Waals surface area contributed by atoms with Crippen LogP contribution in [-0.2, 0) is 29.1 Å². The molecule has 4 aromatic rings. The van der Waals surface area contributed by atoms with Crippen molar-refractivity contribution < 1.29 is 19.1 Å². The Labute approximate surface area is 221 Å². The number of para-hydroxylation sites is 1. The molecule has 0 aliphatic carbocycles. The molecule has 0 bridgehead atoms. The van der Waals surface area contributed by atoms with Crippen molar-refractivity contribution in [2.24, 2.45) is 0 Å². The summed E-state index contributed by atoms with van der Waals surface area (Å²) in [6.07, 6.45) is 3.67. The zero-order valence-electron chi connectivity index (χ0n) is 20.6. The molecule has 0 atom stereocenters. The molecule has 38 heavy (non-hydrogen) atoms. The Bertz CT molecular complexity index is 1590. The predicted molar refractivity (Wildman–Crippen MR) is 141 cm³/mol. The standard InChI is InChI=1S/C25H25ClN6O6/c1-37-20-10-21(38-2)18(9-17(20)26)30-23(34)13-31-19-6-4-3-5-16(19)24(35)32(25(31)36)12-22(33)28-8-7-15-11-27-14-29-15/h3-6,9-11,14H,7-8,12-13H2,1-2H3,(H,27,29)(H,28,33)(H,30,34). The highest BCUT2D eigenvalue weighted by molar-refractivity contribution is 6.32. The number of fused-ring (bicyclic) bond motifs is 1. The first-order valence-corrected chi connectivity index (χ1v) is 11.9. The number of anilines is 1. The number of rotatable bonds is 10.